The molecule has 4 nitrogen and oxygen atoms in total. The van der Waals surface area contributed by atoms with Crippen LogP contribution in [0.4, 0.5) is 0 Å². The molecule has 1 aliphatic rings. The van der Waals surface area contributed by atoms with Crippen LogP contribution >= 0.6 is 0 Å². The summed E-state index contributed by atoms with van der Waals surface area (Å²) in [6.07, 6.45) is 20.7. The molecule has 0 spiro atoms. The van der Waals surface area contributed by atoms with Crippen LogP contribution in [-0.2, 0) is 4.99 Å². The molecule has 0 bridgehead atoms. The molecule has 0 atom stereocenters. The van der Waals surface area contributed by atoms with Crippen molar-refractivity contribution in [2.75, 3.05) is 0 Å². The summed E-state index contributed by atoms with van der Waals surface area (Å²) in [6, 6.07) is 7.54. The minimum absolute atomic E-state index is 0.599. The number of para-hydroxylation sites is 1. The Bertz CT molecular complexity index is 611. The van der Waals surface area contributed by atoms with Crippen molar-refractivity contribution in [1.82, 2.24) is 5.59 Å². The molecule has 1 N–H and O–H groups in total. The predicted molar refractivity (Wildman–Crippen MR) is 85.4 cm³/mol. The summed E-state index contributed by atoms with van der Waals surface area (Å²) >= 11 is 0. The number of fused-ring (bicyclic) bond motifs is 1. The molecule has 1 aromatic carbocycles. The fraction of sp³-hybridized carbons (Fsp3) is 0. The van der Waals surface area contributed by atoms with Crippen molar-refractivity contribution in [2.45, 2.75) is 0 Å². The van der Waals surface area contributed by atoms with E-state index in [1.54, 1.807) is 12.3 Å². The monoisotopic (exact) mass is 280 g/mol. The first kappa shape index (κ1) is 14.6. The van der Waals surface area contributed by atoms with E-state index in [0.717, 1.165) is 5.56 Å². The van der Waals surface area contributed by atoms with Crippen molar-refractivity contribution in [1.29, 1.82) is 0 Å². The van der Waals surface area contributed by atoms with E-state index in [-0.39, 0.29) is 0 Å². The Morgan fingerprint density at radius 2 is 1.43 bits per heavy atom. The molecule has 0 amide bonds. The normalized spacial score (nSPS) is 24.2. The van der Waals surface area contributed by atoms with Gasteiger partial charge < -0.3 is 4.89 Å². The molecule has 0 aliphatic carbocycles. The van der Waals surface area contributed by atoms with Crippen LogP contribution in [0.5, 0.6) is 5.75 Å². The highest BCUT2D eigenvalue weighted by Crippen LogP contribution is 2.19. The molecular weight excluding hydrogens is 264 g/mol. The van der Waals surface area contributed by atoms with E-state index in [0.29, 0.717) is 5.75 Å². The number of hydrogen-bond acceptors (Lipinski definition) is 4. The van der Waals surface area contributed by atoms with E-state index in [4.69, 9.17) is 9.88 Å². The number of benzene rings is 1. The van der Waals surface area contributed by atoms with Gasteiger partial charge in [-0.05, 0) is 17.1 Å². The summed E-state index contributed by atoms with van der Waals surface area (Å²) in [6.45, 7) is 0. The SMILES string of the molecule is C1=C\C=C/C=C/C=N\NOOc2ccccc2/C=C\C=C/1. The molecule has 1 heterocycles. The molecule has 0 saturated carbocycles. The first-order chi connectivity index (χ1) is 10.5. The van der Waals surface area contributed by atoms with Gasteiger partial charge in [0, 0.05) is 11.8 Å². The van der Waals surface area contributed by atoms with Crippen molar-refractivity contribution in [3.8, 4) is 5.75 Å². The molecule has 4 heteroatoms. The van der Waals surface area contributed by atoms with Crippen molar-refractivity contribution in [2.24, 2.45) is 5.10 Å². The molecule has 106 valence electrons. The maximum absolute atomic E-state index is 5.16. The van der Waals surface area contributed by atoms with Gasteiger partial charge in [-0.2, -0.15) is 5.10 Å². The van der Waals surface area contributed by atoms with Gasteiger partial charge in [0.1, 0.15) is 0 Å². The van der Waals surface area contributed by atoms with Gasteiger partial charge in [-0.3, -0.25) is 0 Å². The fourth-order valence-electron chi connectivity index (χ4n) is 1.51. The van der Waals surface area contributed by atoms with Gasteiger partial charge >= 0.3 is 0 Å². The topological polar surface area (TPSA) is 42.9 Å². The van der Waals surface area contributed by atoms with Crippen molar-refractivity contribution >= 4 is 12.3 Å². The largest absolute Gasteiger partial charge is 0.312 e. The lowest BCUT2D eigenvalue weighted by Crippen LogP contribution is -2.10. The zero-order chi connectivity index (χ0) is 14.6. The zero-order valence-electron chi connectivity index (χ0n) is 11.4. The summed E-state index contributed by atoms with van der Waals surface area (Å²) in [7, 11) is 0. The molecule has 2 rings (SSSR count). The molecule has 21 heavy (non-hydrogen) atoms. The summed E-state index contributed by atoms with van der Waals surface area (Å²) < 4.78 is 0. The minimum Gasteiger partial charge on any atom is -0.312 e. The lowest BCUT2D eigenvalue weighted by Gasteiger charge is -2.05. The predicted octanol–water partition coefficient (Wildman–Crippen LogP) is 3.74. The van der Waals surface area contributed by atoms with E-state index < -0.39 is 0 Å². The van der Waals surface area contributed by atoms with E-state index in [1.165, 1.54) is 0 Å². The van der Waals surface area contributed by atoms with Gasteiger partial charge in [-0.25, -0.2) is 0 Å². The van der Waals surface area contributed by atoms with E-state index >= 15 is 0 Å². The van der Waals surface area contributed by atoms with Crippen LogP contribution in [0.25, 0.3) is 6.08 Å². The summed E-state index contributed by atoms with van der Waals surface area (Å²) in [5.41, 5.74) is 3.24. The number of rotatable bonds is 0. The van der Waals surface area contributed by atoms with Gasteiger partial charge in [0.2, 0.25) is 0 Å². The third kappa shape index (κ3) is 5.76. The smallest absolute Gasteiger partial charge is 0.175 e. The van der Waals surface area contributed by atoms with Crippen LogP contribution < -0.4 is 10.5 Å². The van der Waals surface area contributed by atoms with Crippen molar-refractivity contribution in [3.63, 3.8) is 0 Å². The van der Waals surface area contributed by atoms with Crippen LogP contribution in [0.15, 0.2) is 84.1 Å². The summed E-state index contributed by atoms with van der Waals surface area (Å²) in [4.78, 5) is 9.98. The van der Waals surface area contributed by atoms with Crippen LogP contribution in [-0.4, -0.2) is 6.21 Å². The van der Waals surface area contributed by atoms with E-state index in [9.17, 15) is 0 Å². The highest BCUT2D eigenvalue weighted by atomic mass is 17.3. The molecule has 0 unspecified atom stereocenters. The van der Waals surface area contributed by atoms with Crippen LogP contribution in [0.1, 0.15) is 5.56 Å². The molecular formula is C17H16N2O2. The Morgan fingerprint density at radius 3 is 2.24 bits per heavy atom. The lowest BCUT2D eigenvalue weighted by molar-refractivity contribution is -0.258. The quantitative estimate of drug-likeness (QED) is 0.736. The number of nitrogens with one attached hydrogen (secondary N) is 1. The fourth-order valence-corrected chi connectivity index (χ4v) is 1.51. The molecule has 0 aromatic heterocycles. The van der Waals surface area contributed by atoms with Gasteiger partial charge in [-0.15, -0.1) is 5.59 Å². The summed E-state index contributed by atoms with van der Waals surface area (Å²) in [5.74, 6) is 0.599. The first-order valence-corrected chi connectivity index (χ1v) is 6.51. The Labute approximate surface area is 124 Å². The van der Waals surface area contributed by atoms with Gasteiger partial charge in [-0.1, -0.05) is 72.9 Å². The Hall–Kier alpha value is -2.85. The highest BCUT2D eigenvalue weighted by molar-refractivity contribution is 5.71. The van der Waals surface area contributed by atoms with Gasteiger partial charge in [0.05, 0.1) is 0 Å². The van der Waals surface area contributed by atoms with Crippen molar-refractivity contribution in [3.05, 3.63) is 84.5 Å². The number of nitrogens with zero attached hydrogens (tertiary/aromatic N) is 1. The second-order valence-electron chi connectivity index (χ2n) is 3.97. The van der Waals surface area contributed by atoms with Crippen molar-refractivity contribution < 1.29 is 9.88 Å². The Kier molecular flexibility index (Phi) is 6.32. The second kappa shape index (κ2) is 9.12. The van der Waals surface area contributed by atoms with Crippen LogP contribution in [0.2, 0.25) is 0 Å². The van der Waals surface area contributed by atoms with Crippen LogP contribution in [0.3, 0.4) is 0 Å². The third-order valence-electron chi connectivity index (χ3n) is 2.47. The lowest BCUT2D eigenvalue weighted by atomic mass is 10.2. The minimum atomic E-state index is 0.599. The molecule has 1 aliphatic heterocycles. The number of allylic oxidation sites excluding steroid dienone is 9. The average molecular weight is 280 g/mol. The zero-order valence-corrected chi connectivity index (χ0v) is 11.4. The number of hydrogen-bond donors (Lipinski definition) is 1. The second-order valence-corrected chi connectivity index (χ2v) is 3.97. The van der Waals surface area contributed by atoms with E-state index in [1.807, 2.05) is 78.9 Å². The average Bonchev–Trinajstić information content (AvgIpc) is 2.52. The third-order valence-corrected chi connectivity index (χ3v) is 2.47. The molecule has 0 saturated heterocycles. The first-order valence-electron chi connectivity index (χ1n) is 6.51. The Morgan fingerprint density at radius 1 is 0.762 bits per heavy atom. The molecule has 0 radical (unpaired) electrons. The Balaban J connectivity index is 2.14. The molecule has 1 aromatic rings. The highest BCUT2D eigenvalue weighted by Gasteiger charge is 1.99. The number of hydrazone groups is 1. The van der Waals surface area contributed by atoms with Crippen LogP contribution in [0, 0.1) is 0 Å². The van der Waals surface area contributed by atoms with Gasteiger partial charge in [0.25, 0.3) is 0 Å². The maximum Gasteiger partial charge on any atom is 0.175 e. The van der Waals surface area contributed by atoms with E-state index in [2.05, 4.69) is 10.7 Å². The standard InChI is InChI=1S/C17H16N2O2/c1-2-4-6-8-12-16-13-9-10-14-17(16)20-21-19-18-15-11-7-5-3-1/h1-15,19H/b2-1-,5-3-,6-4-,11-7+,12-8-,18-15-. The molecule has 0 fully saturated rings. The maximum atomic E-state index is 5.16. The summed E-state index contributed by atoms with van der Waals surface area (Å²) in [5, 5.41) is 3.80. The van der Waals surface area contributed by atoms with Gasteiger partial charge in [0.15, 0.2) is 5.75 Å².